The molecule has 0 amide bonds. The smallest absolute Gasteiger partial charge is 0.360 e. The Morgan fingerprint density at radius 1 is 1.58 bits per heavy atom. The highest BCUT2D eigenvalue weighted by atomic mass is 16.6. The molecule has 0 aliphatic carbocycles. The van der Waals surface area contributed by atoms with Gasteiger partial charge in [0.25, 0.3) is 0 Å². The molecule has 2 aromatic rings. The third-order valence-corrected chi connectivity index (χ3v) is 2.07. The van der Waals surface area contributed by atoms with Crippen LogP contribution in [0.25, 0.3) is 0 Å². The van der Waals surface area contributed by atoms with Gasteiger partial charge in [-0.05, 0) is 0 Å². The zero-order valence-corrected chi connectivity index (χ0v) is 9.88. The predicted octanol–water partition coefficient (Wildman–Crippen LogP) is 0.877. The van der Waals surface area contributed by atoms with Crippen molar-refractivity contribution >= 4 is 23.2 Å². The zero-order chi connectivity index (χ0) is 13.7. The molecule has 0 atom stereocenters. The Hall–Kier alpha value is -2.97. The van der Waals surface area contributed by atoms with E-state index < -0.39 is 5.97 Å². The van der Waals surface area contributed by atoms with Crippen molar-refractivity contribution in [1.29, 1.82) is 0 Å². The number of aliphatic carboxylic acids is 1. The number of carboxylic acid groups (broad SMARTS) is 1. The molecule has 0 aliphatic rings. The van der Waals surface area contributed by atoms with Crippen LogP contribution in [0.15, 0.2) is 34.2 Å². The van der Waals surface area contributed by atoms with Gasteiger partial charge in [0.15, 0.2) is 5.82 Å². The van der Waals surface area contributed by atoms with Crippen LogP contribution >= 0.6 is 0 Å². The van der Waals surface area contributed by atoms with Crippen LogP contribution in [0.2, 0.25) is 0 Å². The van der Waals surface area contributed by atoms with Crippen molar-refractivity contribution in [3.05, 3.63) is 30.4 Å². The molecule has 2 aromatic heterocycles. The molecule has 0 fully saturated rings. The third kappa shape index (κ3) is 3.03. The Morgan fingerprint density at radius 2 is 2.42 bits per heavy atom. The highest BCUT2D eigenvalue weighted by Crippen LogP contribution is 2.10. The van der Waals surface area contributed by atoms with Crippen molar-refractivity contribution in [2.45, 2.75) is 0 Å². The molecule has 0 saturated heterocycles. The van der Waals surface area contributed by atoms with E-state index in [9.17, 15) is 4.79 Å². The standard InChI is InChI=1S/C10H11N5O4/c1-18-15-9(10(16)17)7-4-8(14-12-7)13-11-6-2-3-19-5-6/h2-5,11H,1H3,(H,16,17)(H2,12,13,14). The Kier molecular flexibility index (Phi) is 3.67. The topological polar surface area (TPSA) is 125 Å². The predicted molar refractivity (Wildman–Crippen MR) is 65.7 cm³/mol. The summed E-state index contributed by atoms with van der Waals surface area (Å²) in [6.07, 6.45) is 3.00. The van der Waals surface area contributed by atoms with Gasteiger partial charge in [0.2, 0.25) is 5.71 Å². The minimum atomic E-state index is -1.22. The minimum absolute atomic E-state index is 0.214. The number of aromatic amines is 1. The van der Waals surface area contributed by atoms with Crippen LogP contribution in [0.5, 0.6) is 0 Å². The van der Waals surface area contributed by atoms with E-state index in [0.717, 1.165) is 0 Å². The molecule has 0 radical (unpaired) electrons. The van der Waals surface area contributed by atoms with E-state index in [1.165, 1.54) is 25.7 Å². The van der Waals surface area contributed by atoms with E-state index in [-0.39, 0.29) is 11.4 Å². The quantitative estimate of drug-likeness (QED) is 0.451. The van der Waals surface area contributed by atoms with Gasteiger partial charge in [-0.3, -0.25) is 16.0 Å². The lowest BCUT2D eigenvalue weighted by atomic mass is 10.3. The van der Waals surface area contributed by atoms with Crippen molar-refractivity contribution in [3.63, 3.8) is 0 Å². The van der Waals surface area contributed by atoms with Crippen molar-refractivity contribution in [1.82, 2.24) is 10.2 Å². The second-order valence-electron chi connectivity index (χ2n) is 3.36. The van der Waals surface area contributed by atoms with Gasteiger partial charge in [-0.2, -0.15) is 5.10 Å². The Balaban J connectivity index is 2.06. The summed E-state index contributed by atoms with van der Waals surface area (Å²) >= 11 is 0. The highest BCUT2D eigenvalue weighted by Gasteiger charge is 2.16. The van der Waals surface area contributed by atoms with E-state index >= 15 is 0 Å². The lowest BCUT2D eigenvalue weighted by Crippen LogP contribution is -2.15. The zero-order valence-electron chi connectivity index (χ0n) is 9.88. The number of anilines is 2. The summed E-state index contributed by atoms with van der Waals surface area (Å²) in [5.41, 5.74) is 6.22. The van der Waals surface area contributed by atoms with Crippen LogP contribution in [-0.4, -0.2) is 34.1 Å². The first kappa shape index (κ1) is 12.5. The molecule has 0 aliphatic heterocycles. The van der Waals surface area contributed by atoms with Crippen LogP contribution in [-0.2, 0) is 9.63 Å². The minimum Gasteiger partial charge on any atom is -0.476 e. The summed E-state index contributed by atoms with van der Waals surface area (Å²) in [5, 5.41) is 18.7. The van der Waals surface area contributed by atoms with Crippen molar-refractivity contribution < 1.29 is 19.2 Å². The molecule has 0 bridgehead atoms. The Morgan fingerprint density at radius 3 is 3.05 bits per heavy atom. The first-order chi connectivity index (χ1) is 9.20. The van der Waals surface area contributed by atoms with Crippen LogP contribution in [0.1, 0.15) is 5.69 Å². The molecule has 0 spiro atoms. The lowest BCUT2D eigenvalue weighted by Gasteiger charge is -2.02. The molecular weight excluding hydrogens is 254 g/mol. The number of aromatic nitrogens is 2. The SMILES string of the molecule is CON=C(C(=O)O)c1cc(NNc2ccoc2)n[nH]1. The summed E-state index contributed by atoms with van der Waals surface area (Å²) in [4.78, 5) is 15.4. The van der Waals surface area contributed by atoms with Gasteiger partial charge in [0.05, 0.1) is 17.6 Å². The fourth-order valence-corrected chi connectivity index (χ4v) is 1.27. The number of carbonyl (C=O) groups is 1. The van der Waals surface area contributed by atoms with Gasteiger partial charge in [-0.1, -0.05) is 5.16 Å². The molecule has 2 rings (SSSR count). The molecule has 9 nitrogen and oxygen atoms in total. The van der Waals surface area contributed by atoms with Gasteiger partial charge in [-0.15, -0.1) is 0 Å². The Bertz CT molecular complexity index is 575. The molecule has 0 unspecified atom stereocenters. The number of furan rings is 1. The molecule has 9 heteroatoms. The average molecular weight is 265 g/mol. The average Bonchev–Trinajstić information content (AvgIpc) is 3.04. The molecular formula is C10H11N5O4. The maximum Gasteiger partial charge on any atom is 0.360 e. The van der Waals surface area contributed by atoms with Crippen LogP contribution in [0, 0.1) is 0 Å². The van der Waals surface area contributed by atoms with Crippen molar-refractivity contribution in [3.8, 4) is 0 Å². The fraction of sp³-hybridized carbons (Fsp3) is 0.100. The summed E-state index contributed by atoms with van der Waals surface area (Å²) in [6.45, 7) is 0. The molecule has 0 saturated carbocycles. The molecule has 19 heavy (non-hydrogen) atoms. The van der Waals surface area contributed by atoms with E-state index in [1.807, 2.05) is 0 Å². The normalized spacial score (nSPS) is 11.1. The van der Waals surface area contributed by atoms with Crippen LogP contribution in [0.4, 0.5) is 11.5 Å². The largest absolute Gasteiger partial charge is 0.476 e. The van der Waals surface area contributed by atoms with Gasteiger partial charge in [-0.25, -0.2) is 4.79 Å². The van der Waals surface area contributed by atoms with E-state index in [2.05, 4.69) is 31.0 Å². The maximum absolute atomic E-state index is 10.9. The number of H-pyrrole nitrogens is 1. The second kappa shape index (κ2) is 5.58. The van der Waals surface area contributed by atoms with Crippen LogP contribution in [0.3, 0.4) is 0 Å². The molecule has 4 N–H and O–H groups in total. The Labute approximate surface area is 107 Å². The number of carboxylic acids is 1. The van der Waals surface area contributed by atoms with E-state index in [0.29, 0.717) is 11.5 Å². The molecule has 2 heterocycles. The number of hydrogen-bond acceptors (Lipinski definition) is 7. The van der Waals surface area contributed by atoms with Crippen LogP contribution < -0.4 is 10.9 Å². The number of oxime groups is 1. The van der Waals surface area contributed by atoms with Gasteiger partial charge >= 0.3 is 5.97 Å². The summed E-state index contributed by atoms with van der Waals surface area (Å²) in [7, 11) is 1.26. The first-order valence-electron chi connectivity index (χ1n) is 5.15. The first-order valence-corrected chi connectivity index (χ1v) is 5.15. The number of nitrogens with zero attached hydrogens (tertiary/aromatic N) is 2. The third-order valence-electron chi connectivity index (χ3n) is 2.07. The number of nitrogens with one attached hydrogen (secondary N) is 3. The van der Waals surface area contributed by atoms with Gasteiger partial charge in [0.1, 0.15) is 13.4 Å². The fourth-order valence-electron chi connectivity index (χ4n) is 1.27. The summed E-state index contributed by atoms with van der Waals surface area (Å²) in [5.74, 6) is -0.832. The highest BCUT2D eigenvalue weighted by molar-refractivity contribution is 6.41. The second-order valence-corrected chi connectivity index (χ2v) is 3.36. The molecule has 100 valence electrons. The summed E-state index contributed by atoms with van der Waals surface area (Å²) in [6, 6.07) is 3.18. The number of rotatable bonds is 6. The van der Waals surface area contributed by atoms with Gasteiger partial charge < -0.3 is 14.4 Å². The summed E-state index contributed by atoms with van der Waals surface area (Å²) < 4.78 is 4.87. The number of hydrogen-bond donors (Lipinski definition) is 4. The van der Waals surface area contributed by atoms with E-state index in [1.54, 1.807) is 6.07 Å². The molecule has 0 aromatic carbocycles. The van der Waals surface area contributed by atoms with Crippen molar-refractivity contribution in [2.75, 3.05) is 18.0 Å². The monoisotopic (exact) mass is 265 g/mol. The lowest BCUT2D eigenvalue weighted by molar-refractivity contribution is -0.129. The maximum atomic E-state index is 10.9. The van der Waals surface area contributed by atoms with Gasteiger partial charge in [0, 0.05) is 12.1 Å². The van der Waals surface area contributed by atoms with Crippen molar-refractivity contribution in [2.24, 2.45) is 5.16 Å². The van der Waals surface area contributed by atoms with E-state index in [4.69, 9.17) is 9.52 Å². The number of hydrazine groups is 1.